The molecule has 0 N–H and O–H groups in total. The van der Waals surface area contributed by atoms with Gasteiger partial charge in [-0.3, -0.25) is 0 Å². The van der Waals surface area contributed by atoms with Crippen LogP contribution in [0.2, 0.25) is 0 Å². The molecular weight excluding hydrogens is 368 g/mol. The summed E-state index contributed by atoms with van der Waals surface area (Å²) < 4.78 is 12.8. The Hall–Kier alpha value is -3.46. The number of fused-ring (bicyclic) bond motifs is 2. The fourth-order valence-electron chi connectivity index (χ4n) is 2.85. The third kappa shape index (κ3) is 2.51. The van der Waals surface area contributed by atoms with Crippen molar-refractivity contribution in [1.29, 1.82) is 0 Å². The van der Waals surface area contributed by atoms with Crippen molar-refractivity contribution in [2.24, 2.45) is 0 Å². The number of nitrogens with zero attached hydrogens (tertiary/aromatic N) is 4. The van der Waals surface area contributed by atoms with Crippen molar-refractivity contribution in [1.82, 2.24) is 19.2 Å². The van der Waals surface area contributed by atoms with Gasteiger partial charge >= 0.3 is 11.4 Å². The first-order valence-electron chi connectivity index (χ1n) is 8.10. The van der Waals surface area contributed by atoms with E-state index in [1.165, 1.54) is 0 Å². The maximum absolute atomic E-state index is 12.9. The van der Waals surface area contributed by atoms with Crippen LogP contribution in [0.15, 0.2) is 52.1 Å². The Kier molecular flexibility index (Phi) is 3.37. The van der Waals surface area contributed by atoms with Crippen LogP contribution in [0.25, 0.3) is 21.2 Å². The molecule has 4 aromatic rings. The SMILES string of the molecule is Cc1ccc(-n2c(=O)nc3sc(-c4ccc5c(c4)OCO5)nn3c2=O)cc1. The van der Waals surface area contributed by atoms with Crippen molar-refractivity contribution in [3.05, 3.63) is 69.0 Å². The summed E-state index contributed by atoms with van der Waals surface area (Å²) in [4.78, 5) is 29.5. The number of ether oxygens (including phenoxy) is 2. The molecule has 0 amide bonds. The number of hydrogen-bond acceptors (Lipinski definition) is 7. The summed E-state index contributed by atoms with van der Waals surface area (Å²) in [7, 11) is 0. The Morgan fingerprint density at radius 1 is 1.04 bits per heavy atom. The summed E-state index contributed by atoms with van der Waals surface area (Å²) in [5.41, 5.74) is 1.04. The van der Waals surface area contributed by atoms with E-state index in [2.05, 4.69) is 10.1 Å². The lowest BCUT2D eigenvalue weighted by Gasteiger charge is -2.03. The van der Waals surface area contributed by atoms with Crippen LogP contribution in [0, 0.1) is 6.92 Å². The molecule has 0 spiro atoms. The quantitative estimate of drug-likeness (QED) is 0.529. The first kappa shape index (κ1) is 15.8. The van der Waals surface area contributed by atoms with Gasteiger partial charge in [0.05, 0.1) is 5.69 Å². The first-order valence-corrected chi connectivity index (χ1v) is 8.92. The van der Waals surface area contributed by atoms with E-state index >= 15 is 0 Å². The smallest absolute Gasteiger partial charge is 0.360 e. The third-order valence-electron chi connectivity index (χ3n) is 4.23. The van der Waals surface area contributed by atoms with Crippen LogP contribution >= 0.6 is 11.3 Å². The molecule has 0 fully saturated rings. The Bertz CT molecular complexity index is 1300. The van der Waals surface area contributed by atoms with Gasteiger partial charge < -0.3 is 9.47 Å². The van der Waals surface area contributed by atoms with Gasteiger partial charge in [0.25, 0.3) is 0 Å². The van der Waals surface area contributed by atoms with Crippen molar-refractivity contribution in [2.45, 2.75) is 6.92 Å². The van der Waals surface area contributed by atoms with Crippen LogP contribution in [-0.2, 0) is 0 Å². The zero-order valence-electron chi connectivity index (χ0n) is 14.1. The molecule has 0 saturated heterocycles. The van der Waals surface area contributed by atoms with E-state index in [0.29, 0.717) is 22.2 Å². The minimum atomic E-state index is -0.635. The van der Waals surface area contributed by atoms with Crippen LogP contribution in [0.1, 0.15) is 5.56 Å². The lowest BCUT2D eigenvalue weighted by molar-refractivity contribution is 0.174. The molecular formula is C18H12N4O4S. The van der Waals surface area contributed by atoms with Gasteiger partial charge in [-0.1, -0.05) is 29.0 Å². The Balaban J connectivity index is 1.68. The highest BCUT2D eigenvalue weighted by Gasteiger charge is 2.18. The number of benzene rings is 2. The molecule has 2 aromatic heterocycles. The molecule has 0 saturated carbocycles. The molecule has 0 unspecified atom stereocenters. The van der Waals surface area contributed by atoms with Crippen LogP contribution in [0.4, 0.5) is 0 Å². The van der Waals surface area contributed by atoms with Crippen LogP contribution in [0.3, 0.4) is 0 Å². The molecule has 5 rings (SSSR count). The van der Waals surface area contributed by atoms with Gasteiger partial charge in [-0.05, 0) is 37.3 Å². The second kappa shape index (κ2) is 5.78. The number of aryl methyl sites for hydroxylation is 1. The van der Waals surface area contributed by atoms with E-state index < -0.39 is 11.4 Å². The Morgan fingerprint density at radius 2 is 1.81 bits per heavy atom. The summed E-state index contributed by atoms with van der Waals surface area (Å²) in [6, 6.07) is 12.5. The first-order chi connectivity index (χ1) is 13.1. The highest BCUT2D eigenvalue weighted by Crippen LogP contribution is 2.36. The molecule has 3 heterocycles. The number of rotatable bonds is 2. The predicted octanol–water partition coefficient (Wildman–Crippen LogP) is 2.01. The van der Waals surface area contributed by atoms with E-state index in [0.717, 1.165) is 31.5 Å². The van der Waals surface area contributed by atoms with Crippen LogP contribution in [-0.4, -0.2) is 26.0 Å². The van der Waals surface area contributed by atoms with E-state index in [-0.39, 0.29) is 11.8 Å². The molecule has 0 atom stereocenters. The summed E-state index contributed by atoms with van der Waals surface area (Å²) in [6.45, 7) is 2.11. The zero-order chi connectivity index (χ0) is 18.5. The molecule has 9 heteroatoms. The average molecular weight is 380 g/mol. The maximum atomic E-state index is 12.9. The highest BCUT2D eigenvalue weighted by molar-refractivity contribution is 7.19. The number of aromatic nitrogens is 4. The summed E-state index contributed by atoms with van der Waals surface area (Å²) >= 11 is 1.16. The second-order valence-electron chi connectivity index (χ2n) is 6.02. The molecule has 134 valence electrons. The molecule has 2 aromatic carbocycles. The van der Waals surface area contributed by atoms with Gasteiger partial charge in [0.1, 0.15) is 5.01 Å². The van der Waals surface area contributed by atoms with Crippen molar-refractivity contribution in [3.8, 4) is 27.8 Å². The topological polar surface area (TPSA) is 87.7 Å². The van der Waals surface area contributed by atoms with Crippen molar-refractivity contribution < 1.29 is 9.47 Å². The standard InChI is InChI=1S/C18H12N4O4S/c1-10-2-5-12(6-3-10)21-16(23)19-17-22(18(21)24)20-15(27-17)11-4-7-13-14(8-11)26-9-25-13/h2-8H,9H2,1H3. The molecule has 8 nitrogen and oxygen atoms in total. The molecule has 0 bridgehead atoms. The van der Waals surface area contributed by atoms with Crippen LogP contribution < -0.4 is 20.9 Å². The third-order valence-corrected chi connectivity index (χ3v) is 5.18. The summed E-state index contributed by atoms with van der Waals surface area (Å²) in [5, 5.41) is 4.91. The molecule has 27 heavy (non-hydrogen) atoms. The lowest BCUT2D eigenvalue weighted by atomic mass is 10.2. The summed E-state index contributed by atoms with van der Waals surface area (Å²) in [5.74, 6) is 1.28. The van der Waals surface area contributed by atoms with Crippen LogP contribution in [0.5, 0.6) is 11.5 Å². The van der Waals surface area contributed by atoms with Gasteiger partial charge in [-0.15, -0.1) is 5.10 Å². The normalized spacial score (nSPS) is 12.6. The van der Waals surface area contributed by atoms with Gasteiger partial charge in [0.15, 0.2) is 11.5 Å². The molecule has 1 aliphatic heterocycles. The van der Waals surface area contributed by atoms with Crippen molar-refractivity contribution in [3.63, 3.8) is 0 Å². The molecule has 1 aliphatic rings. The summed E-state index contributed by atoms with van der Waals surface area (Å²) in [6.07, 6.45) is 0. The van der Waals surface area contributed by atoms with E-state index in [1.54, 1.807) is 24.3 Å². The van der Waals surface area contributed by atoms with E-state index in [9.17, 15) is 9.59 Å². The maximum Gasteiger partial charge on any atom is 0.360 e. The minimum absolute atomic E-state index is 0.176. The zero-order valence-corrected chi connectivity index (χ0v) is 14.9. The van der Waals surface area contributed by atoms with Crippen molar-refractivity contribution in [2.75, 3.05) is 6.79 Å². The lowest BCUT2D eigenvalue weighted by Crippen LogP contribution is -2.37. The number of hydrogen-bond donors (Lipinski definition) is 0. The molecule has 0 radical (unpaired) electrons. The highest BCUT2D eigenvalue weighted by atomic mass is 32.1. The fourth-order valence-corrected chi connectivity index (χ4v) is 3.72. The second-order valence-corrected chi connectivity index (χ2v) is 6.97. The Labute approximate surface area is 155 Å². The monoisotopic (exact) mass is 380 g/mol. The minimum Gasteiger partial charge on any atom is -0.454 e. The van der Waals surface area contributed by atoms with Gasteiger partial charge in [0.2, 0.25) is 11.8 Å². The van der Waals surface area contributed by atoms with E-state index in [4.69, 9.17) is 9.47 Å². The van der Waals surface area contributed by atoms with E-state index in [1.807, 2.05) is 25.1 Å². The average Bonchev–Trinajstić information content (AvgIpc) is 3.29. The Morgan fingerprint density at radius 3 is 2.63 bits per heavy atom. The van der Waals surface area contributed by atoms with Gasteiger partial charge in [0, 0.05) is 5.56 Å². The fraction of sp³-hybridized carbons (Fsp3) is 0.111. The largest absolute Gasteiger partial charge is 0.454 e. The predicted molar refractivity (Wildman–Crippen MR) is 99.0 cm³/mol. The molecule has 0 aliphatic carbocycles. The van der Waals surface area contributed by atoms with Gasteiger partial charge in [-0.25, -0.2) is 14.2 Å². The van der Waals surface area contributed by atoms with Gasteiger partial charge in [-0.2, -0.15) is 9.50 Å². The van der Waals surface area contributed by atoms with Crippen molar-refractivity contribution >= 4 is 16.3 Å².